The Bertz CT molecular complexity index is 708. The first-order chi connectivity index (χ1) is 11.4. The summed E-state index contributed by atoms with van der Waals surface area (Å²) in [4.78, 5) is 6.94. The molecule has 0 radical (unpaired) electrons. The van der Waals surface area contributed by atoms with E-state index in [1.807, 2.05) is 6.08 Å². The Morgan fingerprint density at radius 3 is 2.75 bits per heavy atom. The third-order valence-electron chi connectivity index (χ3n) is 4.16. The second kappa shape index (κ2) is 7.03. The monoisotopic (exact) mass is 348 g/mol. The lowest BCUT2D eigenvalue weighted by Gasteiger charge is -2.25. The minimum absolute atomic E-state index is 0.0939. The number of aromatic nitrogens is 3. The molecule has 6 nitrogen and oxygen atoms in total. The van der Waals surface area contributed by atoms with Crippen LogP contribution < -0.4 is 4.90 Å². The predicted molar refractivity (Wildman–Crippen MR) is 95.4 cm³/mol. The highest BCUT2D eigenvalue weighted by Crippen LogP contribution is 2.26. The van der Waals surface area contributed by atoms with Crippen LogP contribution in [0.4, 0.5) is 5.13 Å². The maximum absolute atomic E-state index is 5.74. The largest absolute Gasteiger partial charge is 0.421 e. The van der Waals surface area contributed by atoms with Gasteiger partial charge < -0.3 is 14.1 Å². The fourth-order valence-corrected chi connectivity index (χ4v) is 3.11. The first-order valence-electron chi connectivity index (χ1n) is 8.20. The van der Waals surface area contributed by atoms with Gasteiger partial charge in [0.05, 0.1) is 25.3 Å². The molecule has 0 spiro atoms. The molecule has 3 rings (SSSR count). The first-order valence-corrected chi connectivity index (χ1v) is 9.08. The van der Waals surface area contributed by atoms with Gasteiger partial charge in [0.2, 0.25) is 11.8 Å². The molecule has 0 atom stereocenters. The summed E-state index contributed by atoms with van der Waals surface area (Å²) in [6.45, 7) is 11.9. The third-order valence-corrected chi connectivity index (χ3v) is 5.11. The summed E-state index contributed by atoms with van der Waals surface area (Å²) in [5.41, 5.74) is 2.27. The fourth-order valence-electron chi connectivity index (χ4n) is 2.23. The summed E-state index contributed by atoms with van der Waals surface area (Å²) >= 11 is 1.65. The van der Waals surface area contributed by atoms with Crippen molar-refractivity contribution >= 4 is 22.5 Å². The number of allylic oxidation sites excluding steroid dienone is 1. The Hall–Kier alpha value is -1.73. The highest BCUT2D eigenvalue weighted by molar-refractivity contribution is 7.13. The van der Waals surface area contributed by atoms with Crippen molar-refractivity contribution in [3.63, 3.8) is 0 Å². The minimum atomic E-state index is 0.0939. The third kappa shape index (κ3) is 4.21. The average Bonchev–Trinajstić information content (AvgIpc) is 3.17. The molecule has 0 N–H and O–H groups in total. The van der Waals surface area contributed by atoms with Crippen LogP contribution in [-0.2, 0) is 11.2 Å². The number of rotatable bonds is 4. The molecule has 1 aliphatic heterocycles. The van der Waals surface area contributed by atoms with E-state index in [-0.39, 0.29) is 5.41 Å². The topological polar surface area (TPSA) is 64.3 Å². The van der Waals surface area contributed by atoms with Crippen molar-refractivity contribution in [2.45, 2.75) is 34.1 Å². The van der Waals surface area contributed by atoms with Gasteiger partial charge in [-0.1, -0.05) is 26.3 Å². The lowest BCUT2D eigenvalue weighted by Crippen LogP contribution is -2.36. The van der Waals surface area contributed by atoms with E-state index in [0.29, 0.717) is 18.2 Å². The molecule has 24 heavy (non-hydrogen) atoms. The molecule has 0 unspecified atom stereocenters. The summed E-state index contributed by atoms with van der Waals surface area (Å²) in [5, 5.41) is 11.4. The van der Waals surface area contributed by atoms with Gasteiger partial charge in [-0.25, -0.2) is 4.98 Å². The van der Waals surface area contributed by atoms with Crippen LogP contribution in [-0.4, -0.2) is 41.5 Å². The summed E-state index contributed by atoms with van der Waals surface area (Å²) in [6, 6.07) is 0. The average molecular weight is 348 g/mol. The van der Waals surface area contributed by atoms with Gasteiger partial charge in [-0.15, -0.1) is 21.5 Å². The molecule has 2 aromatic heterocycles. The van der Waals surface area contributed by atoms with E-state index >= 15 is 0 Å². The van der Waals surface area contributed by atoms with Gasteiger partial charge in [-0.2, -0.15) is 0 Å². The van der Waals surface area contributed by atoms with Crippen molar-refractivity contribution in [3.05, 3.63) is 28.4 Å². The predicted octanol–water partition coefficient (Wildman–Crippen LogP) is 3.40. The Morgan fingerprint density at radius 1 is 1.29 bits per heavy atom. The SMILES string of the molecule is C/C(=C\c1nnc(Cc2csc(N3CCOCC3)n2)o1)C(C)(C)C. The Balaban J connectivity index is 1.66. The second-order valence-corrected chi connectivity index (χ2v) is 7.85. The molecule has 1 fully saturated rings. The van der Waals surface area contributed by atoms with Crippen molar-refractivity contribution in [3.8, 4) is 0 Å². The highest BCUT2D eigenvalue weighted by atomic mass is 32.1. The van der Waals surface area contributed by atoms with E-state index in [1.54, 1.807) is 11.3 Å². The number of morpholine rings is 1. The molecule has 130 valence electrons. The van der Waals surface area contributed by atoms with Gasteiger partial charge in [0.25, 0.3) is 0 Å². The van der Waals surface area contributed by atoms with Crippen molar-refractivity contribution in [1.82, 2.24) is 15.2 Å². The van der Waals surface area contributed by atoms with Crippen molar-refractivity contribution in [2.75, 3.05) is 31.2 Å². The Kier molecular flexibility index (Phi) is 5.01. The number of thiazole rings is 1. The van der Waals surface area contributed by atoms with E-state index in [0.717, 1.165) is 37.1 Å². The summed E-state index contributed by atoms with van der Waals surface area (Å²) in [5.74, 6) is 1.16. The van der Waals surface area contributed by atoms with Gasteiger partial charge in [-0.05, 0) is 12.3 Å². The molecule has 0 aliphatic carbocycles. The fraction of sp³-hybridized carbons (Fsp3) is 0.588. The van der Waals surface area contributed by atoms with E-state index in [4.69, 9.17) is 9.15 Å². The number of anilines is 1. The smallest absolute Gasteiger partial charge is 0.240 e. The minimum Gasteiger partial charge on any atom is -0.421 e. The number of nitrogens with zero attached hydrogens (tertiary/aromatic N) is 4. The van der Waals surface area contributed by atoms with E-state index in [9.17, 15) is 0 Å². The summed E-state index contributed by atoms with van der Waals surface area (Å²) in [6.07, 6.45) is 2.52. The molecule has 0 aromatic carbocycles. The Morgan fingerprint density at radius 2 is 2.04 bits per heavy atom. The van der Waals surface area contributed by atoms with E-state index in [2.05, 4.69) is 53.2 Å². The quantitative estimate of drug-likeness (QED) is 0.844. The van der Waals surface area contributed by atoms with Crippen LogP contribution in [0.2, 0.25) is 0 Å². The molecule has 3 heterocycles. The number of hydrogen-bond donors (Lipinski definition) is 0. The van der Waals surface area contributed by atoms with Crippen LogP contribution in [0.1, 0.15) is 45.2 Å². The van der Waals surface area contributed by atoms with Crippen molar-refractivity contribution in [2.24, 2.45) is 5.41 Å². The molecule has 0 saturated carbocycles. The molecule has 2 aromatic rings. The summed E-state index contributed by atoms with van der Waals surface area (Å²) < 4.78 is 11.1. The van der Waals surface area contributed by atoms with Gasteiger partial charge in [0, 0.05) is 24.5 Å². The van der Waals surface area contributed by atoms with E-state index < -0.39 is 0 Å². The second-order valence-electron chi connectivity index (χ2n) is 7.01. The molecular formula is C17H24N4O2S. The van der Waals surface area contributed by atoms with Crippen LogP contribution in [0, 0.1) is 5.41 Å². The molecule has 7 heteroatoms. The molecular weight excluding hydrogens is 324 g/mol. The molecule has 0 bridgehead atoms. The van der Waals surface area contributed by atoms with E-state index in [1.165, 1.54) is 5.57 Å². The van der Waals surface area contributed by atoms with Gasteiger partial charge in [0.15, 0.2) is 5.13 Å². The highest BCUT2D eigenvalue weighted by Gasteiger charge is 2.17. The van der Waals surface area contributed by atoms with Crippen molar-refractivity contribution < 1.29 is 9.15 Å². The molecule has 0 amide bonds. The maximum Gasteiger partial charge on any atom is 0.240 e. The van der Waals surface area contributed by atoms with Gasteiger partial charge >= 0.3 is 0 Å². The number of hydrogen-bond acceptors (Lipinski definition) is 7. The van der Waals surface area contributed by atoms with Gasteiger partial charge in [0.1, 0.15) is 0 Å². The Labute approximate surface area is 146 Å². The van der Waals surface area contributed by atoms with Crippen molar-refractivity contribution in [1.29, 1.82) is 0 Å². The standard InChI is InChI=1S/C17H24N4O2S/c1-12(17(2,3)4)9-14-19-20-15(23-14)10-13-11-24-16(18-13)21-5-7-22-8-6-21/h9,11H,5-8,10H2,1-4H3/b12-9+. The number of ether oxygens (including phenoxy) is 1. The first kappa shape index (κ1) is 17.1. The maximum atomic E-state index is 5.74. The van der Waals surface area contributed by atoms with Crippen LogP contribution in [0.15, 0.2) is 15.4 Å². The zero-order chi connectivity index (χ0) is 17.2. The normalized spacial score (nSPS) is 16.7. The lowest BCUT2D eigenvalue weighted by atomic mass is 9.87. The van der Waals surface area contributed by atoms with Crippen LogP contribution in [0.25, 0.3) is 6.08 Å². The zero-order valence-corrected chi connectivity index (χ0v) is 15.5. The summed E-state index contributed by atoms with van der Waals surface area (Å²) in [7, 11) is 0. The molecule has 1 aliphatic rings. The zero-order valence-electron chi connectivity index (χ0n) is 14.7. The molecule has 1 saturated heterocycles. The lowest BCUT2D eigenvalue weighted by molar-refractivity contribution is 0.122. The van der Waals surface area contributed by atoms with Crippen LogP contribution >= 0.6 is 11.3 Å². The van der Waals surface area contributed by atoms with Crippen LogP contribution in [0.3, 0.4) is 0 Å². The van der Waals surface area contributed by atoms with Crippen LogP contribution in [0.5, 0.6) is 0 Å². The van der Waals surface area contributed by atoms with Gasteiger partial charge in [-0.3, -0.25) is 0 Å².